The van der Waals surface area contributed by atoms with Crippen LogP contribution in [-0.2, 0) is 0 Å². The highest BCUT2D eigenvalue weighted by Gasteiger charge is 2.12. The van der Waals surface area contributed by atoms with Gasteiger partial charge in [-0.25, -0.2) is 4.68 Å². The van der Waals surface area contributed by atoms with E-state index in [9.17, 15) is 4.79 Å². The summed E-state index contributed by atoms with van der Waals surface area (Å²) >= 11 is 2.24. The first-order valence-electron chi connectivity index (χ1n) is 7.65. The van der Waals surface area contributed by atoms with Crippen molar-refractivity contribution in [2.75, 3.05) is 0 Å². The smallest absolute Gasteiger partial charge is 0.280 e. The van der Waals surface area contributed by atoms with Crippen molar-refractivity contribution in [1.82, 2.24) is 9.78 Å². The molecule has 3 aromatic rings. The summed E-state index contributed by atoms with van der Waals surface area (Å²) in [4.78, 5) is 17.2. The number of H-pyrrole nitrogens is 1. The topological polar surface area (TPSA) is 50.1 Å². The number of para-hydroxylation sites is 1. The second kappa shape index (κ2) is 6.76. The Labute approximate surface area is 154 Å². The monoisotopic (exact) mass is 431 g/mol. The fourth-order valence-corrected chi connectivity index (χ4v) is 3.15. The Morgan fingerprint density at radius 3 is 2.58 bits per heavy atom. The summed E-state index contributed by atoms with van der Waals surface area (Å²) in [6, 6.07) is 13.9. The molecule has 24 heavy (non-hydrogen) atoms. The normalized spacial score (nSPS) is 11.3. The molecule has 1 N–H and O–H groups in total. The molecule has 0 unspecified atom stereocenters. The average molecular weight is 431 g/mol. The minimum atomic E-state index is -0.0888. The van der Waals surface area contributed by atoms with Crippen LogP contribution < -0.4 is 5.56 Å². The number of aromatic nitrogens is 2. The van der Waals surface area contributed by atoms with Gasteiger partial charge in [0.1, 0.15) is 0 Å². The molecule has 122 valence electrons. The highest BCUT2D eigenvalue weighted by Crippen LogP contribution is 2.20. The van der Waals surface area contributed by atoms with Crippen LogP contribution in [0.1, 0.15) is 22.4 Å². The van der Waals surface area contributed by atoms with Crippen molar-refractivity contribution < 1.29 is 0 Å². The molecule has 0 saturated carbocycles. The van der Waals surface area contributed by atoms with Crippen LogP contribution in [0.2, 0.25) is 0 Å². The SMILES string of the molecule is Cc1ccc(-n2[nH]c(C)c(C=Nc3ccccc3I)c2=O)c(C)c1. The number of rotatable bonds is 3. The summed E-state index contributed by atoms with van der Waals surface area (Å²) in [5.41, 5.74) is 5.24. The van der Waals surface area contributed by atoms with E-state index in [1.807, 2.05) is 57.2 Å². The van der Waals surface area contributed by atoms with Gasteiger partial charge in [0.15, 0.2) is 0 Å². The van der Waals surface area contributed by atoms with E-state index in [-0.39, 0.29) is 5.56 Å². The first kappa shape index (κ1) is 16.7. The number of nitrogens with one attached hydrogen (secondary N) is 1. The molecule has 0 aliphatic rings. The molecule has 3 rings (SSSR count). The summed E-state index contributed by atoms with van der Waals surface area (Å²) in [7, 11) is 0. The molecule has 0 spiro atoms. The van der Waals surface area contributed by atoms with Gasteiger partial charge in [-0.05, 0) is 67.1 Å². The minimum absolute atomic E-state index is 0.0888. The van der Waals surface area contributed by atoms with E-state index >= 15 is 0 Å². The molecular weight excluding hydrogens is 413 g/mol. The molecule has 1 heterocycles. The molecular formula is C19H18IN3O. The highest BCUT2D eigenvalue weighted by molar-refractivity contribution is 14.1. The Morgan fingerprint density at radius 1 is 1.12 bits per heavy atom. The molecule has 0 saturated heterocycles. The largest absolute Gasteiger partial charge is 0.295 e. The lowest BCUT2D eigenvalue weighted by atomic mass is 10.1. The van der Waals surface area contributed by atoms with Crippen LogP contribution in [0.3, 0.4) is 0 Å². The van der Waals surface area contributed by atoms with Crippen LogP contribution >= 0.6 is 22.6 Å². The fraction of sp³-hybridized carbons (Fsp3) is 0.158. The molecule has 4 nitrogen and oxygen atoms in total. The van der Waals surface area contributed by atoms with Gasteiger partial charge in [-0.2, -0.15) is 0 Å². The van der Waals surface area contributed by atoms with E-state index in [2.05, 4.69) is 38.7 Å². The van der Waals surface area contributed by atoms with Crippen LogP contribution in [0, 0.1) is 24.3 Å². The Morgan fingerprint density at radius 2 is 1.88 bits per heavy atom. The lowest BCUT2D eigenvalue weighted by molar-refractivity contribution is 0.828. The average Bonchev–Trinajstić information content (AvgIpc) is 2.81. The zero-order valence-corrected chi connectivity index (χ0v) is 16.0. The molecule has 0 radical (unpaired) electrons. The molecule has 5 heteroatoms. The quantitative estimate of drug-likeness (QED) is 0.484. The number of aryl methyl sites for hydroxylation is 3. The summed E-state index contributed by atoms with van der Waals surface area (Å²) in [5.74, 6) is 0. The number of aliphatic imine (C=N–C) groups is 1. The van der Waals surface area contributed by atoms with E-state index in [1.54, 1.807) is 10.9 Å². The van der Waals surface area contributed by atoms with Gasteiger partial charge in [0, 0.05) is 15.5 Å². The van der Waals surface area contributed by atoms with Crippen molar-refractivity contribution in [2.24, 2.45) is 4.99 Å². The summed E-state index contributed by atoms with van der Waals surface area (Å²) in [6.07, 6.45) is 1.64. The lowest BCUT2D eigenvalue weighted by Crippen LogP contribution is -2.18. The lowest BCUT2D eigenvalue weighted by Gasteiger charge is -2.06. The molecule has 0 fully saturated rings. The van der Waals surface area contributed by atoms with E-state index in [0.717, 1.165) is 26.2 Å². The zero-order valence-electron chi connectivity index (χ0n) is 13.8. The Kier molecular flexibility index (Phi) is 4.71. The Bertz CT molecular complexity index is 983. The maximum Gasteiger partial charge on any atom is 0.280 e. The van der Waals surface area contributed by atoms with Gasteiger partial charge in [0.05, 0.1) is 16.9 Å². The predicted molar refractivity (Wildman–Crippen MR) is 107 cm³/mol. The second-order valence-corrected chi connectivity index (χ2v) is 6.95. The van der Waals surface area contributed by atoms with Crippen molar-refractivity contribution in [3.63, 3.8) is 0 Å². The number of benzene rings is 2. The molecule has 0 amide bonds. The first-order chi connectivity index (χ1) is 11.5. The highest BCUT2D eigenvalue weighted by atomic mass is 127. The maximum atomic E-state index is 12.8. The number of halogens is 1. The third-order valence-corrected chi connectivity index (χ3v) is 4.81. The standard InChI is InChI=1S/C19H18IN3O/c1-12-8-9-18(13(2)10-12)23-19(24)15(14(3)22-23)11-21-17-7-5-4-6-16(17)20/h4-11,22H,1-3H3. The van der Waals surface area contributed by atoms with Crippen LogP contribution in [0.4, 0.5) is 5.69 Å². The van der Waals surface area contributed by atoms with Crippen molar-refractivity contribution in [3.8, 4) is 5.69 Å². The molecule has 2 aromatic carbocycles. The third-order valence-electron chi connectivity index (χ3n) is 3.90. The summed E-state index contributed by atoms with van der Waals surface area (Å²) in [6.45, 7) is 5.93. The van der Waals surface area contributed by atoms with Gasteiger partial charge in [0.2, 0.25) is 0 Å². The van der Waals surface area contributed by atoms with Crippen LogP contribution in [0.15, 0.2) is 52.3 Å². The molecule has 0 bridgehead atoms. The van der Waals surface area contributed by atoms with Crippen molar-refractivity contribution in [1.29, 1.82) is 0 Å². The molecule has 1 aromatic heterocycles. The van der Waals surface area contributed by atoms with Gasteiger partial charge in [-0.3, -0.25) is 14.9 Å². The van der Waals surface area contributed by atoms with Crippen molar-refractivity contribution >= 4 is 34.5 Å². The molecule has 0 aliphatic carbocycles. The predicted octanol–water partition coefficient (Wildman–Crippen LogP) is 4.45. The zero-order chi connectivity index (χ0) is 17.3. The number of hydrogen-bond donors (Lipinski definition) is 1. The second-order valence-electron chi connectivity index (χ2n) is 5.79. The van der Waals surface area contributed by atoms with E-state index in [1.165, 1.54) is 5.56 Å². The molecule has 0 atom stereocenters. The van der Waals surface area contributed by atoms with Crippen molar-refractivity contribution in [2.45, 2.75) is 20.8 Å². The minimum Gasteiger partial charge on any atom is -0.295 e. The van der Waals surface area contributed by atoms with Crippen LogP contribution in [0.25, 0.3) is 5.69 Å². The number of aromatic amines is 1. The van der Waals surface area contributed by atoms with Gasteiger partial charge in [-0.15, -0.1) is 0 Å². The van der Waals surface area contributed by atoms with Gasteiger partial charge in [0.25, 0.3) is 5.56 Å². The van der Waals surface area contributed by atoms with E-state index < -0.39 is 0 Å². The van der Waals surface area contributed by atoms with Gasteiger partial charge >= 0.3 is 0 Å². The van der Waals surface area contributed by atoms with E-state index in [0.29, 0.717) is 5.56 Å². The van der Waals surface area contributed by atoms with Gasteiger partial charge in [-0.1, -0.05) is 29.8 Å². The molecule has 0 aliphatic heterocycles. The van der Waals surface area contributed by atoms with Gasteiger partial charge < -0.3 is 0 Å². The van der Waals surface area contributed by atoms with Crippen LogP contribution in [-0.4, -0.2) is 16.0 Å². The first-order valence-corrected chi connectivity index (χ1v) is 8.73. The fourth-order valence-electron chi connectivity index (χ4n) is 2.63. The maximum absolute atomic E-state index is 12.8. The summed E-state index contributed by atoms with van der Waals surface area (Å²) in [5, 5.41) is 3.15. The Balaban J connectivity index is 2.04. The van der Waals surface area contributed by atoms with Crippen molar-refractivity contribution in [3.05, 3.63) is 78.8 Å². The number of hydrogen-bond acceptors (Lipinski definition) is 2. The number of nitrogens with zero attached hydrogens (tertiary/aromatic N) is 2. The van der Waals surface area contributed by atoms with Crippen LogP contribution in [0.5, 0.6) is 0 Å². The third kappa shape index (κ3) is 3.21. The van der Waals surface area contributed by atoms with E-state index in [4.69, 9.17) is 0 Å². The summed E-state index contributed by atoms with van der Waals surface area (Å²) < 4.78 is 2.63. The Hall–Kier alpha value is -2.15.